The monoisotopic (exact) mass is 536 g/mol. The van der Waals surface area contributed by atoms with Gasteiger partial charge in [-0.2, -0.15) is 0 Å². The van der Waals surface area contributed by atoms with Crippen LogP contribution in [0.15, 0.2) is 87.1 Å². The van der Waals surface area contributed by atoms with Crippen molar-refractivity contribution in [1.82, 2.24) is 4.57 Å². The van der Waals surface area contributed by atoms with Gasteiger partial charge in [-0.05, 0) is 48.2 Å². The Bertz CT molecular complexity index is 1630. The molecule has 1 unspecified atom stereocenters. The topological polar surface area (TPSA) is 69.9 Å². The van der Waals surface area contributed by atoms with Gasteiger partial charge in [-0.15, -0.1) is 11.3 Å². The standard InChI is InChI=1S/C27H21ClN2O4S2/c1-16-23(26(32)33-2)24(21-8-5-13-35-21)30-25(31)22(36-27(30)29-16)14-17-9-11-19(12-10-17)34-15-18-6-3-4-7-20(18)28/h3-14,24H,15H2,1-2H3. The molecule has 0 saturated carbocycles. The van der Waals surface area contributed by atoms with Crippen LogP contribution in [0.25, 0.3) is 6.08 Å². The highest BCUT2D eigenvalue weighted by Crippen LogP contribution is 2.33. The summed E-state index contributed by atoms with van der Waals surface area (Å²) in [6, 6.07) is 18.3. The summed E-state index contributed by atoms with van der Waals surface area (Å²) in [5.74, 6) is 0.209. The fraction of sp³-hybridized carbons (Fsp3) is 0.148. The molecule has 0 spiro atoms. The first kappa shape index (κ1) is 24.2. The first-order chi connectivity index (χ1) is 17.5. The summed E-state index contributed by atoms with van der Waals surface area (Å²) in [6.07, 6.45) is 1.82. The number of ether oxygens (including phenoxy) is 2. The Labute approximate surface area is 220 Å². The number of rotatable bonds is 6. The number of halogens is 1. The molecule has 5 rings (SSSR count). The average molecular weight is 537 g/mol. The van der Waals surface area contributed by atoms with E-state index in [-0.39, 0.29) is 5.56 Å². The van der Waals surface area contributed by atoms with Gasteiger partial charge in [-0.3, -0.25) is 9.36 Å². The Morgan fingerprint density at radius 3 is 2.61 bits per heavy atom. The molecule has 0 amide bonds. The number of benzene rings is 2. The number of thiophene rings is 1. The van der Waals surface area contributed by atoms with E-state index < -0.39 is 12.0 Å². The third kappa shape index (κ3) is 4.67. The minimum absolute atomic E-state index is 0.204. The highest BCUT2D eigenvalue weighted by atomic mass is 35.5. The Hall–Kier alpha value is -3.46. The second-order valence-corrected chi connectivity index (χ2v) is 10.4. The smallest absolute Gasteiger partial charge is 0.338 e. The van der Waals surface area contributed by atoms with Gasteiger partial charge in [0.15, 0.2) is 4.80 Å². The molecule has 0 N–H and O–H groups in total. The SMILES string of the molecule is COC(=O)C1=C(C)N=c2sc(=Cc3ccc(OCc4ccccc4Cl)cc3)c(=O)n2C1c1cccs1. The van der Waals surface area contributed by atoms with Crippen LogP contribution in [0.1, 0.15) is 29.0 Å². The second kappa shape index (κ2) is 10.3. The maximum absolute atomic E-state index is 13.5. The summed E-state index contributed by atoms with van der Waals surface area (Å²) in [5, 5.41) is 2.58. The van der Waals surface area contributed by atoms with Gasteiger partial charge in [0.05, 0.1) is 22.9 Å². The maximum atomic E-state index is 13.5. The predicted octanol–water partition coefficient (Wildman–Crippen LogP) is 4.70. The highest BCUT2D eigenvalue weighted by Gasteiger charge is 2.33. The quantitative estimate of drug-likeness (QED) is 0.335. The third-order valence-corrected chi connectivity index (χ3v) is 8.05. The van der Waals surface area contributed by atoms with Crippen molar-refractivity contribution in [2.45, 2.75) is 19.6 Å². The molecule has 0 radical (unpaired) electrons. The van der Waals surface area contributed by atoms with Gasteiger partial charge in [0.25, 0.3) is 5.56 Å². The number of hydrogen-bond acceptors (Lipinski definition) is 7. The summed E-state index contributed by atoms with van der Waals surface area (Å²) in [4.78, 5) is 32.1. The minimum atomic E-state index is -0.573. The fourth-order valence-corrected chi connectivity index (χ4v) is 6.06. The number of esters is 1. The number of carbonyl (C=O) groups is 1. The van der Waals surface area contributed by atoms with Crippen LogP contribution in [0.4, 0.5) is 0 Å². The van der Waals surface area contributed by atoms with Crippen LogP contribution in [-0.2, 0) is 16.1 Å². The molecular formula is C27H21ClN2O4S2. The van der Waals surface area contributed by atoms with Crippen LogP contribution in [0.3, 0.4) is 0 Å². The lowest BCUT2D eigenvalue weighted by molar-refractivity contribution is -0.136. The van der Waals surface area contributed by atoms with Crippen molar-refractivity contribution in [2.24, 2.45) is 4.99 Å². The molecule has 0 saturated heterocycles. The summed E-state index contributed by atoms with van der Waals surface area (Å²) in [5.41, 5.74) is 2.48. The van der Waals surface area contributed by atoms with Gasteiger partial charge in [0.1, 0.15) is 18.4 Å². The Kier molecular flexibility index (Phi) is 6.91. The molecule has 36 heavy (non-hydrogen) atoms. The van der Waals surface area contributed by atoms with E-state index in [2.05, 4.69) is 4.99 Å². The largest absolute Gasteiger partial charge is 0.489 e. The van der Waals surface area contributed by atoms with Crippen LogP contribution in [0.2, 0.25) is 5.02 Å². The molecule has 3 heterocycles. The zero-order valence-electron chi connectivity index (χ0n) is 19.4. The number of carbonyl (C=O) groups excluding carboxylic acids is 1. The zero-order chi connectivity index (χ0) is 25.2. The van der Waals surface area contributed by atoms with Crippen LogP contribution < -0.4 is 19.6 Å². The number of fused-ring (bicyclic) bond motifs is 1. The Balaban J connectivity index is 1.47. The van der Waals surface area contributed by atoms with Crippen molar-refractivity contribution in [3.05, 3.63) is 118 Å². The van der Waals surface area contributed by atoms with E-state index in [1.54, 1.807) is 11.5 Å². The van der Waals surface area contributed by atoms with Crippen molar-refractivity contribution in [3.8, 4) is 5.75 Å². The van der Waals surface area contributed by atoms with E-state index in [0.29, 0.717) is 38.0 Å². The van der Waals surface area contributed by atoms with E-state index in [9.17, 15) is 9.59 Å². The van der Waals surface area contributed by atoms with Gasteiger partial charge in [0.2, 0.25) is 0 Å². The van der Waals surface area contributed by atoms with Crippen LogP contribution in [0, 0.1) is 0 Å². The molecule has 0 bridgehead atoms. The van der Waals surface area contributed by atoms with Crippen molar-refractivity contribution in [2.75, 3.05) is 7.11 Å². The molecule has 9 heteroatoms. The normalized spacial score (nSPS) is 15.4. The van der Waals surface area contributed by atoms with E-state index in [1.165, 1.54) is 29.8 Å². The van der Waals surface area contributed by atoms with E-state index in [4.69, 9.17) is 21.1 Å². The summed E-state index contributed by atoms with van der Waals surface area (Å²) < 4.78 is 13.0. The number of thiazole rings is 1. The first-order valence-electron chi connectivity index (χ1n) is 11.1. The van der Waals surface area contributed by atoms with Crippen molar-refractivity contribution in [3.63, 3.8) is 0 Å². The van der Waals surface area contributed by atoms with E-state index in [1.807, 2.05) is 72.1 Å². The van der Waals surface area contributed by atoms with Gasteiger partial charge < -0.3 is 9.47 Å². The second-order valence-electron chi connectivity index (χ2n) is 8.04. The number of methoxy groups -OCH3 is 1. The highest BCUT2D eigenvalue weighted by molar-refractivity contribution is 7.10. The van der Waals surface area contributed by atoms with Crippen molar-refractivity contribution < 1.29 is 14.3 Å². The van der Waals surface area contributed by atoms with Crippen LogP contribution in [-0.4, -0.2) is 17.6 Å². The minimum Gasteiger partial charge on any atom is -0.489 e. The maximum Gasteiger partial charge on any atom is 0.338 e. The third-order valence-electron chi connectivity index (χ3n) is 5.77. The van der Waals surface area contributed by atoms with E-state index in [0.717, 1.165) is 16.0 Å². The molecular weight excluding hydrogens is 516 g/mol. The van der Waals surface area contributed by atoms with E-state index >= 15 is 0 Å². The molecule has 2 aromatic carbocycles. The fourth-order valence-electron chi connectivity index (χ4n) is 4.00. The lowest BCUT2D eigenvalue weighted by Crippen LogP contribution is -2.39. The molecule has 0 fully saturated rings. The zero-order valence-corrected chi connectivity index (χ0v) is 21.8. The summed E-state index contributed by atoms with van der Waals surface area (Å²) >= 11 is 8.98. The number of aromatic nitrogens is 1. The van der Waals surface area contributed by atoms with Gasteiger partial charge in [0, 0.05) is 15.5 Å². The molecule has 4 aromatic rings. The first-order valence-corrected chi connectivity index (χ1v) is 13.1. The lowest BCUT2D eigenvalue weighted by atomic mass is 10.0. The molecule has 1 aliphatic heterocycles. The van der Waals surface area contributed by atoms with Gasteiger partial charge in [-0.1, -0.05) is 59.3 Å². The number of hydrogen-bond donors (Lipinski definition) is 0. The molecule has 1 atom stereocenters. The van der Waals surface area contributed by atoms with Crippen LogP contribution >= 0.6 is 34.3 Å². The average Bonchev–Trinajstić information content (AvgIpc) is 3.52. The van der Waals surface area contributed by atoms with Gasteiger partial charge >= 0.3 is 5.97 Å². The van der Waals surface area contributed by atoms with Crippen molar-refractivity contribution in [1.29, 1.82) is 0 Å². The predicted molar refractivity (Wildman–Crippen MR) is 142 cm³/mol. The molecule has 0 aliphatic carbocycles. The Morgan fingerprint density at radius 2 is 1.92 bits per heavy atom. The number of allylic oxidation sites excluding steroid dienone is 1. The lowest BCUT2D eigenvalue weighted by Gasteiger charge is -2.22. The Morgan fingerprint density at radius 1 is 1.14 bits per heavy atom. The molecule has 2 aromatic heterocycles. The number of nitrogens with zero attached hydrogens (tertiary/aromatic N) is 2. The molecule has 1 aliphatic rings. The van der Waals surface area contributed by atoms with Crippen LogP contribution in [0.5, 0.6) is 5.75 Å². The molecule has 6 nitrogen and oxygen atoms in total. The van der Waals surface area contributed by atoms with Crippen molar-refractivity contribution >= 4 is 46.3 Å². The summed E-state index contributed by atoms with van der Waals surface area (Å²) in [7, 11) is 1.33. The summed E-state index contributed by atoms with van der Waals surface area (Å²) in [6.45, 7) is 2.13. The molecule has 182 valence electrons. The van der Waals surface area contributed by atoms with Gasteiger partial charge in [-0.25, -0.2) is 9.79 Å².